The molecule has 0 saturated heterocycles. The van der Waals surface area contributed by atoms with Crippen LogP contribution in [-0.4, -0.2) is 11.7 Å². The lowest BCUT2D eigenvalue weighted by Gasteiger charge is -2.20. The zero-order valence-electron chi connectivity index (χ0n) is 9.44. The summed E-state index contributed by atoms with van der Waals surface area (Å²) >= 11 is 5.10. The van der Waals surface area contributed by atoms with Crippen LogP contribution in [-0.2, 0) is 12.1 Å². The smallest absolute Gasteiger partial charge is 0.136 e. The lowest BCUT2D eigenvalue weighted by Crippen LogP contribution is -2.34. The van der Waals surface area contributed by atoms with Crippen molar-refractivity contribution >= 4 is 27.3 Å². The number of aliphatic hydroxyl groups is 1. The van der Waals surface area contributed by atoms with Crippen LogP contribution in [0.4, 0.5) is 0 Å². The van der Waals surface area contributed by atoms with Gasteiger partial charge in [-0.3, -0.25) is 0 Å². The highest BCUT2D eigenvalue weighted by Gasteiger charge is 2.25. The average Bonchev–Trinajstić information content (AvgIpc) is 2.89. The van der Waals surface area contributed by atoms with E-state index in [2.05, 4.69) is 27.3 Å². The summed E-state index contributed by atoms with van der Waals surface area (Å²) in [4.78, 5) is 1.23. The molecule has 0 radical (unpaired) electrons. The second-order valence-corrected chi connectivity index (χ2v) is 6.00. The molecule has 0 aliphatic heterocycles. The Kier molecular flexibility index (Phi) is 4.04. The van der Waals surface area contributed by atoms with Crippen molar-refractivity contribution in [2.24, 2.45) is 0 Å². The van der Waals surface area contributed by atoms with Gasteiger partial charge in [-0.1, -0.05) is 0 Å². The molecule has 2 rings (SSSR count). The minimum absolute atomic E-state index is 0.454. The Morgan fingerprint density at radius 2 is 2.41 bits per heavy atom. The number of hydrogen-bond donors (Lipinski definition) is 2. The molecule has 0 saturated carbocycles. The SMILES string of the molecule is CC(O)(CNCc1cc(Br)cs1)c1ccco1. The summed E-state index contributed by atoms with van der Waals surface area (Å²) in [5, 5.41) is 15.5. The fraction of sp³-hybridized carbons (Fsp3) is 0.333. The fourth-order valence-corrected chi connectivity index (χ4v) is 2.97. The van der Waals surface area contributed by atoms with Gasteiger partial charge in [-0.25, -0.2) is 0 Å². The van der Waals surface area contributed by atoms with Gasteiger partial charge in [-0.15, -0.1) is 11.3 Å². The van der Waals surface area contributed by atoms with Gasteiger partial charge < -0.3 is 14.8 Å². The van der Waals surface area contributed by atoms with Crippen molar-refractivity contribution in [1.82, 2.24) is 5.32 Å². The van der Waals surface area contributed by atoms with Crippen LogP contribution in [0.1, 0.15) is 17.6 Å². The van der Waals surface area contributed by atoms with E-state index in [1.807, 2.05) is 5.38 Å². The van der Waals surface area contributed by atoms with E-state index in [1.165, 1.54) is 4.88 Å². The Hall–Kier alpha value is -0.620. The van der Waals surface area contributed by atoms with Crippen molar-refractivity contribution in [1.29, 1.82) is 0 Å². The maximum Gasteiger partial charge on any atom is 0.136 e. The monoisotopic (exact) mass is 315 g/mol. The summed E-state index contributed by atoms with van der Waals surface area (Å²) in [7, 11) is 0. The topological polar surface area (TPSA) is 45.4 Å². The van der Waals surface area contributed by atoms with Crippen LogP contribution in [0.15, 0.2) is 38.7 Å². The van der Waals surface area contributed by atoms with E-state index in [-0.39, 0.29) is 0 Å². The zero-order valence-corrected chi connectivity index (χ0v) is 11.8. The van der Waals surface area contributed by atoms with Crippen LogP contribution in [0.2, 0.25) is 0 Å². The molecule has 2 aromatic heterocycles. The summed E-state index contributed by atoms with van der Waals surface area (Å²) in [5.41, 5.74) is -0.974. The predicted molar refractivity (Wildman–Crippen MR) is 72.0 cm³/mol. The second-order valence-electron chi connectivity index (χ2n) is 4.09. The zero-order chi connectivity index (χ0) is 12.3. The van der Waals surface area contributed by atoms with Crippen LogP contribution in [0.25, 0.3) is 0 Å². The van der Waals surface area contributed by atoms with Crippen molar-refractivity contribution in [3.8, 4) is 0 Å². The third kappa shape index (κ3) is 3.42. The van der Waals surface area contributed by atoms with E-state index >= 15 is 0 Å². The standard InChI is InChI=1S/C12H14BrNO2S/c1-12(15,11-3-2-4-16-11)8-14-6-10-5-9(13)7-17-10/h2-5,7,14-15H,6,8H2,1H3. The summed E-state index contributed by atoms with van der Waals surface area (Å²) in [6.45, 7) is 2.94. The summed E-state index contributed by atoms with van der Waals surface area (Å²) < 4.78 is 6.30. The van der Waals surface area contributed by atoms with Crippen molar-refractivity contribution in [2.45, 2.75) is 19.1 Å². The van der Waals surface area contributed by atoms with Gasteiger partial charge in [0.05, 0.1) is 6.26 Å². The van der Waals surface area contributed by atoms with Gasteiger partial charge in [0.1, 0.15) is 11.4 Å². The number of halogens is 1. The first-order chi connectivity index (χ1) is 8.08. The van der Waals surface area contributed by atoms with Crippen molar-refractivity contribution in [2.75, 3.05) is 6.54 Å². The van der Waals surface area contributed by atoms with Crippen LogP contribution >= 0.6 is 27.3 Å². The Bertz CT molecular complexity index is 465. The summed E-state index contributed by atoms with van der Waals surface area (Å²) in [6, 6.07) is 5.63. The molecular formula is C12H14BrNO2S. The first kappa shape index (κ1) is 12.8. The quantitative estimate of drug-likeness (QED) is 0.891. The highest BCUT2D eigenvalue weighted by molar-refractivity contribution is 9.10. The Morgan fingerprint density at radius 1 is 1.59 bits per heavy atom. The third-order valence-corrected chi connectivity index (χ3v) is 4.14. The highest BCUT2D eigenvalue weighted by Crippen LogP contribution is 2.21. The molecule has 0 fully saturated rings. The van der Waals surface area contributed by atoms with Gasteiger partial charge in [-0.2, -0.15) is 0 Å². The molecule has 0 spiro atoms. The van der Waals surface area contributed by atoms with E-state index in [0.29, 0.717) is 12.3 Å². The van der Waals surface area contributed by atoms with Gasteiger partial charge in [0.2, 0.25) is 0 Å². The third-order valence-electron chi connectivity index (χ3n) is 2.44. The lowest BCUT2D eigenvalue weighted by molar-refractivity contribution is 0.0341. The molecular weight excluding hydrogens is 302 g/mol. The van der Waals surface area contributed by atoms with Gasteiger partial charge in [0.15, 0.2) is 0 Å². The molecule has 2 heterocycles. The Balaban J connectivity index is 1.86. The van der Waals surface area contributed by atoms with E-state index in [1.54, 1.807) is 36.7 Å². The second kappa shape index (κ2) is 5.35. The van der Waals surface area contributed by atoms with Crippen LogP contribution in [0, 0.1) is 0 Å². The number of nitrogens with one attached hydrogen (secondary N) is 1. The molecule has 92 valence electrons. The summed E-state index contributed by atoms with van der Waals surface area (Å²) in [6.07, 6.45) is 1.57. The van der Waals surface area contributed by atoms with E-state index < -0.39 is 5.60 Å². The van der Waals surface area contributed by atoms with Crippen molar-refractivity contribution in [3.63, 3.8) is 0 Å². The molecule has 2 N–H and O–H groups in total. The van der Waals surface area contributed by atoms with E-state index in [0.717, 1.165) is 11.0 Å². The van der Waals surface area contributed by atoms with E-state index in [4.69, 9.17) is 4.42 Å². The van der Waals surface area contributed by atoms with Crippen LogP contribution in [0.5, 0.6) is 0 Å². The first-order valence-corrected chi connectivity index (χ1v) is 6.95. The molecule has 0 bridgehead atoms. The number of thiophene rings is 1. The maximum atomic E-state index is 10.2. The molecule has 0 aliphatic rings. The molecule has 17 heavy (non-hydrogen) atoms. The first-order valence-electron chi connectivity index (χ1n) is 5.28. The van der Waals surface area contributed by atoms with E-state index in [9.17, 15) is 5.11 Å². The minimum atomic E-state index is -0.974. The van der Waals surface area contributed by atoms with Gasteiger partial charge >= 0.3 is 0 Å². The lowest BCUT2D eigenvalue weighted by atomic mass is 10.0. The molecule has 0 aliphatic carbocycles. The largest absolute Gasteiger partial charge is 0.466 e. The molecule has 0 aromatic carbocycles. The Labute approximate surface area is 113 Å². The van der Waals surface area contributed by atoms with Crippen LogP contribution in [0.3, 0.4) is 0 Å². The maximum absolute atomic E-state index is 10.2. The normalized spacial score (nSPS) is 14.8. The molecule has 0 amide bonds. The van der Waals surface area contributed by atoms with Gasteiger partial charge in [0.25, 0.3) is 0 Å². The molecule has 2 aromatic rings. The summed E-state index contributed by atoms with van der Waals surface area (Å²) in [5.74, 6) is 0.581. The number of rotatable bonds is 5. The average molecular weight is 316 g/mol. The van der Waals surface area contributed by atoms with Crippen molar-refractivity contribution < 1.29 is 9.52 Å². The minimum Gasteiger partial charge on any atom is -0.466 e. The number of furan rings is 1. The highest BCUT2D eigenvalue weighted by atomic mass is 79.9. The Morgan fingerprint density at radius 3 is 3.00 bits per heavy atom. The predicted octanol–water partition coefficient (Wildman–Crippen LogP) is 3.10. The fourth-order valence-electron chi connectivity index (χ4n) is 1.55. The molecule has 1 atom stereocenters. The van der Waals surface area contributed by atoms with Gasteiger partial charge in [-0.05, 0) is 41.1 Å². The molecule has 5 heteroatoms. The molecule has 3 nitrogen and oxygen atoms in total. The number of hydrogen-bond acceptors (Lipinski definition) is 4. The molecule has 1 unspecified atom stereocenters. The van der Waals surface area contributed by atoms with Crippen molar-refractivity contribution in [3.05, 3.63) is 45.0 Å². The van der Waals surface area contributed by atoms with Gasteiger partial charge in [0, 0.05) is 27.8 Å². The van der Waals surface area contributed by atoms with Crippen LogP contribution < -0.4 is 5.32 Å².